The standard InChI is InChI=1S/C15H20N4O3/c1-17-14(20)5-4-13(16-17)15(21)19-8-6-18(7-9-19)11-12-3-2-10-22-12/h2-3,10H,4-9,11H2,1H3. The number of carbonyl (C=O) groups excluding carboxylic acids is 2. The zero-order chi connectivity index (χ0) is 15.5. The third-order valence-electron chi connectivity index (χ3n) is 4.07. The van der Waals surface area contributed by atoms with Crippen molar-refractivity contribution in [3.05, 3.63) is 24.2 Å². The van der Waals surface area contributed by atoms with Gasteiger partial charge < -0.3 is 9.32 Å². The fourth-order valence-corrected chi connectivity index (χ4v) is 2.74. The molecule has 3 heterocycles. The third kappa shape index (κ3) is 3.19. The number of amides is 2. The Morgan fingerprint density at radius 2 is 2.05 bits per heavy atom. The molecule has 1 saturated heterocycles. The highest BCUT2D eigenvalue weighted by Gasteiger charge is 2.28. The van der Waals surface area contributed by atoms with Crippen LogP contribution in [-0.2, 0) is 16.1 Å². The van der Waals surface area contributed by atoms with Gasteiger partial charge >= 0.3 is 0 Å². The van der Waals surface area contributed by atoms with Gasteiger partial charge in [-0.1, -0.05) is 0 Å². The Balaban J connectivity index is 1.54. The van der Waals surface area contributed by atoms with Crippen molar-refractivity contribution in [2.24, 2.45) is 5.10 Å². The van der Waals surface area contributed by atoms with Gasteiger partial charge in [-0.2, -0.15) is 5.10 Å². The highest BCUT2D eigenvalue weighted by Crippen LogP contribution is 2.13. The molecule has 2 amide bonds. The molecule has 7 heteroatoms. The normalized spacial score (nSPS) is 20.2. The minimum atomic E-state index is -0.0444. The molecule has 2 aliphatic rings. The largest absolute Gasteiger partial charge is 0.468 e. The van der Waals surface area contributed by atoms with Gasteiger partial charge in [-0.25, -0.2) is 5.01 Å². The molecule has 7 nitrogen and oxygen atoms in total. The van der Waals surface area contributed by atoms with E-state index in [0.717, 1.165) is 25.4 Å². The Labute approximate surface area is 129 Å². The second-order valence-corrected chi connectivity index (χ2v) is 5.61. The van der Waals surface area contributed by atoms with Crippen LogP contribution in [-0.4, -0.2) is 65.6 Å². The van der Waals surface area contributed by atoms with E-state index in [1.54, 1.807) is 13.3 Å². The maximum atomic E-state index is 12.4. The van der Waals surface area contributed by atoms with E-state index >= 15 is 0 Å². The molecule has 1 aromatic rings. The Morgan fingerprint density at radius 3 is 2.68 bits per heavy atom. The summed E-state index contributed by atoms with van der Waals surface area (Å²) in [4.78, 5) is 27.9. The molecule has 0 saturated carbocycles. The first-order valence-corrected chi connectivity index (χ1v) is 7.51. The monoisotopic (exact) mass is 304 g/mol. The second-order valence-electron chi connectivity index (χ2n) is 5.61. The summed E-state index contributed by atoms with van der Waals surface area (Å²) in [5.74, 6) is 0.855. The average molecular weight is 304 g/mol. The van der Waals surface area contributed by atoms with Crippen molar-refractivity contribution in [3.8, 4) is 0 Å². The van der Waals surface area contributed by atoms with E-state index in [1.165, 1.54) is 5.01 Å². The first-order valence-electron chi connectivity index (χ1n) is 7.51. The van der Waals surface area contributed by atoms with Crippen LogP contribution < -0.4 is 0 Å². The lowest BCUT2D eigenvalue weighted by atomic mass is 10.1. The quantitative estimate of drug-likeness (QED) is 0.817. The highest BCUT2D eigenvalue weighted by molar-refractivity contribution is 6.39. The molecule has 3 rings (SSSR count). The molecule has 0 radical (unpaired) electrons. The number of piperazine rings is 1. The molecule has 0 aromatic carbocycles. The van der Waals surface area contributed by atoms with Crippen molar-refractivity contribution < 1.29 is 14.0 Å². The van der Waals surface area contributed by atoms with Gasteiger partial charge in [0.25, 0.3) is 5.91 Å². The van der Waals surface area contributed by atoms with E-state index in [2.05, 4.69) is 10.0 Å². The zero-order valence-electron chi connectivity index (χ0n) is 12.7. The summed E-state index contributed by atoms with van der Waals surface area (Å²) in [7, 11) is 1.59. The van der Waals surface area contributed by atoms with Crippen LogP contribution in [0, 0.1) is 0 Å². The molecular formula is C15H20N4O3. The van der Waals surface area contributed by atoms with Gasteiger partial charge in [0.2, 0.25) is 5.91 Å². The Bertz CT molecular complexity index is 574. The lowest BCUT2D eigenvalue weighted by Gasteiger charge is -2.35. The molecule has 0 N–H and O–H groups in total. The molecule has 1 fully saturated rings. The summed E-state index contributed by atoms with van der Waals surface area (Å²) >= 11 is 0. The first-order chi connectivity index (χ1) is 10.6. The van der Waals surface area contributed by atoms with Crippen LogP contribution in [0.1, 0.15) is 18.6 Å². The fraction of sp³-hybridized carbons (Fsp3) is 0.533. The Morgan fingerprint density at radius 1 is 1.27 bits per heavy atom. The topological polar surface area (TPSA) is 69.4 Å². The van der Waals surface area contributed by atoms with Gasteiger partial charge in [-0.05, 0) is 12.1 Å². The van der Waals surface area contributed by atoms with Crippen molar-refractivity contribution in [2.75, 3.05) is 33.2 Å². The molecule has 0 bridgehead atoms. The maximum Gasteiger partial charge on any atom is 0.270 e. The summed E-state index contributed by atoms with van der Waals surface area (Å²) in [6, 6.07) is 3.84. The predicted octanol–water partition coefficient (Wildman–Crippen LogP) is 0.532. The minimum absolute atomic E-state index is 0.0418. The van der Waals surface area contributed by atoms with Crippen LogP contribution in [0.25, 0.3) is 0 Å². The lowest BCUT2D eigenvalue weighted by molar-refractivity contribution is -0.131. The van der Waals surface area contributed by atoms with Crippen LogP contribution in [0.3, 0.4) is 0 Å². The number of furan rings is 1. The number of hydrogen-bond acceptors (Lipinski definition) is 5. The number of hydrazone groups is 1. The molecule has 1 aromatic heterocycles. The molecule has 0 atom stereocenters. The third-order valence-corrected chi connectivity index (χ3v) is 4.07. The van der Waals surface area contributed by atoms with Crippen LogP contribution >= 0.6 is 0 Å². The summed E-state index contributed by atoms with van der Waals surface area (Å²) in [6.07, 6.45) is 2.47. The van der Waals surface area contributed by atoms with Crippen molar-refractivity contribution in [2.45, 2.75) is 19.4 Å². The van der Waals surface area contributed by atoms with Gasteiger partial charge in [0.05, 0.1) is 12.8 Å². The first kappa shape index (κ1) is 14.8. The summed E-state index contributed by atoms with van der Waals surface area (Å²) in [5.41, 5.74) is 0.488. The van der Waals surface area contributed by atoms with Gasteiger partial charge in [-0.15, -0.1) is 0 Å². The summed E-state index contributed by atoms with van der Waals surface area (Å²) in [5, 5.41) is 5.37. The van der Waals surface area contributed by atoms with Gasteiger partial charge in [0.15, 0.2) is 0 Å². The Kier molecular flexibility index (Phi) is 4.24. The smallest absolute Gasteiger partial charge is 0.270 e. The second kappa shape index (κ2) is 6.31. The van der Waals surface area contributed by atoms with E-state index in [0.29, 0.717) is 31.6 Å². The predicted molar refractivity (Wildman–Crippen MR) is 80.0 cm³/mol. The van der Waals surface area contributed by atoms with Crippen molar-refractivity contribution in [1.82, 2.24) is 14.8 Å². The fourth-order valence-electron chi connectivity index (χ4n) is 2.74. The molecule has 0 aliphatic carbocycles. The van der Waals surface area contributed by atoms with E-state index in [9.17, 15) is 9.59 Å². The van der Waals surface area contributed by atoms with Gasteiger partial charge in [0, 0.05) is 46.1 Å². The number of rotatable bonds is 3. The molecular weight excluding hydrogens is 284 g/mol. The maximum absolute atomic E-state index is 12.4. The molecule has 118 valence electrons. The van der Waals surface area contributed by atoms with Crippen LogP contribution in [0.15, 0.2) is 27.9 Å². The summed E-state index contributed by atoms with van der Waals surface area (Å²) in [6.45, 7) is 3.75. The van der Waals surface area contributed by atoms with Crippen LogP contribution in [0.5, 0.6) is 0 Å². The average Bonchev–Trinajstić information content (AvgIpc) is 3.03. The highest BCUT2D eigenvalue weighted by atomic mass is 16.3. The summed E-state index contributed by atoms with van der Waals surface area (Å²) < 4.78 is 5.35. The van der Waals surface area contributed by atoms with E-state index < -0.39 is 0 Å². The van der Waals surface area contributed by atoms with Gasteiger partial charge in [-0.3, -0.25) is 14.5 Å². The molecule has 2 aliphatic heterocycles. The minimum Gasteiger partial charge on any atom is -0.468 e. The van der Waals surface area contributed by atoms with E-state index in [-0.39, 0.29) is 11.8 Å². The van der Waals surface area contributed by atoms with Crippen LogP contribution in [0.2, 0.25) is 0 Å². The molecule has 0 unspecified atom stereocenters. The van der Waals surface area contributed by atoms with Crippen molar-refractivity contribution in [3.63, 3.8) is 0 Å². The zero-order valence-corrected chi connectivity index (χ0v) is 12.7. The Hall–Kier alpha value is -2.15. The van der Waals surface area contributed by atoms with E-state index in [1.807, 2.05) is 17.0 Å². The van der Waals surface area contributed by atoms with Gasteiger partial charge in [0.1, 0.15) is 11.5 Å². The molecule has 22 heavy (non-hydrogen) atoms. The van der Waals surface area contributed by atoms with Crippen LogP contribution in [0.4, 0.5) is 0 Å². The van der Waals surface area contributed by atoms with E-state index in [4.69, 9.17) is 4.42 Å². The number of carbonyl (C=O) groups is 2. The number of nitrogens with zero attached hydrogens (tertiary/aromatic N) is 4. The lowest BCUT2D eigenvalue weighted by Crippen LogP contribution is -2.51. The van der Waals surface area contributed by atoms with Crippen molar-refractivity contribution in [1.29, 1.82) is 0 Å². The van der Waals surface area contributed by atoms with Crippen molar-refractivity contribution >= 4 is 17.5 Å². The molecule has 0 spiro atoms. The number of hydrogen-bond donors (Lipinski definition) is 0. The SMILES string of the molecule is CN1N=C(C(=O)N2CCN(Cc3ccco3)CC2)CCC1=O.